The minimum absolute atomic E-state index is 0.128. The van der Waals surface area contributed by atoms with Crippen LogP contribution in [0.25, 0.3) is 10.6 Å². The van der Waals surface area contributed by atoms with Gasteiger partial charge in [0.25, 0.3) is 5.56 Å². The van der Waals surface area contributed by atoms with Crippen molar-refractivity contribution in [1.82, 2.24) is 9.97 Å². The third-order valence-corrected chi connectivity index (χ3v) is 2.84. The summed E-state index contributed by atoms with van der Waals surface area (Å²) in [6, 6.07) is 5.38. The molecule has 15 heavy (non-hydrogen) atoms. The highest BCUT2D eigenvalue weighted by Crippen LogP contribution is 2.20. The van der Waals surface area contributed by atoms with Crippen molar-refractivity contribution >= 4 is 11.3 Å². The third-order valence-electron chi connectivity index (χ3n) is 1.95. The van der Waals surface area contributed by atoms with E-state index >= 15 is 0 Å². The Morgan fingerprint density at radius 1 is 1.53 bits per heavy atom. The number of nitrogens with one attached hydrogen (secondary N) is 1. The molecule has 0 saturated heterocycles. The molecular weight excluding hydrogens is 210 g/mol. The number of rotatable bonds is 3. The molecule has 0 atom stereocenters. The van der Waals surface area contributed by atoms with Gasteiger partial charge >= 0.3 is 0 Å². The summed E-state index contributed by atoms with van der Waals surface area (Å²) in [4.78, 5) is 19.4. The molecule has 0 spiro atoms. The van der Waals surface area contributed by atoms with Gasteiger partial charge in [0.1, 0.15) is 5.82 Å². The van der Waals surface area contributed by atoms with E-state index < -0.39 is 0 Å². The molecule has 0 aliphatic rings. The Kier molecular flexibility index (Phi) is 2.94. The van der Waals surface area contributed by atoms with Crippen LogP contribution in [0.2, 0.25) is 0 Å². The van der Waals surface area contributed by atoms with E-state index in [-0.39, 0.29) is 5.56 Å². The Bertz CT molecular complexity index is 490. The summed E-state index contributed by atoms with van der Waals surface area (Å²) < 4.78 is 0. The van der Waals surface area contributed by atoms with Gasteiger partial charge in [-0.3, -0.25) is 4.79 Å². The van der Waals surface area contributed by atoms with Crippen molar-refractivity contribution in [2.45, 2.75) is 6.42 Å². The van der Waals surface area contributed by atoms with Crippen molar-refractivity contribution in [2.75, 3.05) is 6.54 Å². The molecule has 0 saturated carbocycles. The molecular formula is C10H11N3OS. The topological polar surface area (TPSA) is 71.8 Å². The minimum atomic E-state index is -0.128. The fourth-order valence-corrected chi connectivity index (χ4v) is 2.00. The van der Waals surface area contributed by atoms with Crippen LogP contribution in [-0.2, 0) is 6.42 Å². The van der Waals surface area contributed by atoms with Crippen molar-refractivity contribution in [3.8, 4) is 10.6 Å². The van der Waals surface area contributed by atoms with Crippen LogP contribution < -0.4 is 11.3 Å². The Labute approximate surface area is 90.8 Å². The number of hydrogen-bond donors (Lipinski definition) is 2. The number of aromatic nitrogens is 2. The third kappa shape index (κ3) is 2.31. The van der Waals surface area contributed by atoms with Crippen molar-refractivity contribution in [3.05, 3.63) is 39.8 Å². The number of hydrogen-bond acceptors (Lipinski definition) is 4. The molecule has 2 aromatic heterocycles. The van der Waals surface area contributed by atoms with Crippen LogP contribution in [0.3, 0.4) is 0 Å². The molecule has 0 unspecified atom stereocenters. The second kappa shape index (κ2) is 4.37. The maximum atomic E-state index is 11.3. The van der Waals surface area contributed by atoms with Crippen LogP contribution in [0, 0.1) is 0 Å². The Balaban J connectivity index is 2.44. The van der Waals surface area contributed by atoms with E-state index in [9.17, 15) is 4.79 Å². The van der Waals surface area contributed by atoms with E-state index in [4.69, 9.17) is 5.73 Å². The van der Waals surface area contributed by atoms with Crippen LogP contribution in [0.15, 0.2) is 28.4 Å². The predicted octanol–water partition coefficient (Wildman–Crippen LogP) is 1.000. The number of nitrogens with two attached hydrogens (primary N) is 1. The molecule has 0 aliphatic heterocycles. The molecule has 0 fully saturated rings. The van der Waals surface area contributed by atoms with Gasteiger partial charge in [-0.05, 0) is 18.0 Å². The van der Waals surface area contributed by atoms with Gasteiger partial charge in [0, 0.05) is 12.5 Å². The first-order valence-corrected chi connectivity index (χ1v) is 5.52. The highest BCUT2D eigenvalue weighted by Gasteiger charge is 2.03. The summed E-state index contributed by atoms with van der Waals surface area (Å²) in [7, 11) is 0. The van der Waals surface area contributed by atoms with E-state index in [2.05, 4.69) is 9.97 Å². The lowest BCUT2D eigenvalue weighted by molar-refractivity contribution is 0.859. The summed E-state index contributed by atoms with van der Waals surface area (Å²) in [5.41, 5.74) is 6.01. The van der Waals surface area contributed by atoms with Gasteiger partial charge in [-0.15, -0.1) is 11.3 Å². The Morgan fingerprint density at radius 2 is 2.40 bits per heavy atom. The second-order valence-corrected chi connectivity index (χ2v) is 4.04. The molecule has 4 nitrogen and oxygen atoms in total. The Hall–Kier alpha value is -1.46. The summed E-state index contributed by atoms with van der Waals surface area (Å²) in [6.45, 7) is 0.483. The van der Waals surface area contributed by atoms with Gasteiger partial charge in [-0.1, -0.05) is 6.07 Å². The average Bonchev–Trinajstić information content (AvgIpc) is 2.70. The molecule has 5 heteroatoms. The molecule has 3 N–H and O–H groups in total. The maximum absolute atomic E-state index is 11.3. The van der Waals surface area contributed by atoms with Crippen molar-refractivity contribution < 1.29 is 0 Å². The lowest BCUT2D eigenvalue weighted by Gasteiger charge is -2.00. The van der Waals surface area contributed by atoms with Gasteiger partial charge in [0.2, 0.25) is 0 Å². The van der Waals surface area contributed by atoms with Crippen LogP contribution in [0.1, 0.15) is 5.82 Å². The molecule has 2 rings (SSSR count). The average molecular weight is 221 g/mol. The SMILES string of the molecule is NCCc1nc(-c2cccs2)cc(=O)[nH]1. The number of thiophene rings is 1. The van der Waals surface area contributed by atoms with Crippen molar-refractivity contribution in [1.29, 1.82) is 0 Å². The van der Waals surface area contributed by atoms with Crippen LogP contribution >= 0.6 is 11.3 Å². The standard InChI is InChI=1S/C10H11N3OS/c11-4-3-9-12-7(6-10(14)13-9)8-2-1-5-15-8/h1-2,5-6H,3-4,11H2,(H,12,13,14). The highest BCUT2D eigenvalue weighted by molar-refractivity contribution is 7.13. The first-order valence-electron chi connectivity index (χ1n) is 4.64. The first kappa shape index (κ1) is 10.1. The monoisotopic (exact) mass is 221 g/mol. The lowest BCUT2D eigenvalue weighted by atomic mass is 10.3. The van der Waals surface area contributed by atoms with Gasteiger partial charge in [0.15, 0.2) is 0 Å². The van der Waals surface area contributed by atoms with Crippen molar-refractivity contribution in [2.24, 2.45) is 5.73 Å². The van der Waals surface area contributed by atoms with Gasteiger partial charge in [-0.2, -0.15) is 0 Å². The smallest absolute Gasteiger partial charge is 0.251 e. The quantitative estimate of drug-likeness (QED) is 0.812. The number of nitrogens with zero attached hydrogens (tertiary/aromatic N) is 1. The minimum Gasteiger partial charge on any atom is -0.330 e. The van der Waals surface area contributed by atoms with Crippen LogP contribution in [-0.4, -0.2) is 16.5 Å². The fraction of sp³-hybridized carbons (Fsp3) is 0.200. The van der Waals surface area contributed by atoms with Gasteiger partial charge < -0.3 is 10.7 Å². The van der Waals surface area contributed by atoms with Gasteiger partial charge in [0.05, 0.1) is 10.6 Å². The van der Waals surface area contributed by atoms with Crippen LogP contribution in [0.4, 0.5) is 0 Å². The molecule has 0 aromatic carbocycles. The Morgan fingerprint density at radius 3 is 3.07 bits per heavy atom. The van der Waals surface area contributed by atoms with E-state index in [1.165, 1.54) is 6.07 Å². The van der Waals surface area contributed by atoms with E-state index in [1.54, 1.807) is 11.3 Å². The molecule has 78 valence electrons. The zero-order chi connectivity index (χ0) is 10.7. The first-order chi connectivity index (χ1) is 7.29. The van der Waals surface area contributed by atoms with Gasteiger partial charge in [-0.25, -0.2) is 4.98 Å². The summed E-state index contributed by atoms with van der Waals surface area (Å²) in [6.07, 6.45) is 0.592. The zero-order valence-electron chi connectivity index (χ0n) is 8.06. The van der Waals surface area contributed by atoms with E-state index in [0.29, 0.717) is 18.8 Å². The molecule has 2 aromatic rings. The summed E-state index contributed by atoms with van der Waals surface area (Å²) >= 11 is 1.56. The number of H-pyrrole nitrogens is 1. The highest BCUT2D eigenvalue weighted by atomic mass is 32.1. The molecule has 0 bridgehead atoms. The van der Waals surface area contributed by atoms with Crippen molar-refractivity contribution in [3.63, 3.8) is 0 Å². The molecule has 2 heterocycles. The second-order valence-electron chi connectivity index (χ2n) is 3.09. The van der Waals surface area contributed by atoms with E-state index in [1.807, 2.05) is 17.5 Å². The summed E-state index contributed by atoms with van der Waals surface area (Å²) in [5, 5.41) is 1.96. The maximum Gasteiger partial charge on any atom is 0.251 e. The molecule has 0 aliphatic carbocycles. The van der Waals surface area contributed by atoms with E-state index in [0.717, 1.165) is 10.6 Å². The largest absolute Gasteiger partial charge is 0.330 e. The predicted molar refractivity (Wildman–Crippen MR) is 60.9 cm³/mol. The zero-order valence-corrected chi connectivity index (χ0v) is 8.88. The summed E-state index contributed by atoms with van der Waals surface area (Å²) in [5.74, 6) is 0.647. The number of aromatic amines is 1. The lowest BCUT2D eigenvalue weighted by Crippen LogP contribution is -2.14. The normalized spacial score (nSPS) is 10.5. The fourth-order valence-electron chi connectivity index (χ4n) is 1.31. The molecule has 0 amide bonds. The van der Waals surface area contributed by atoms with Crippen LogP contribution in [0.5, 0.6) is 0 Å². The molecule has 0 radical (unpaired) electrons.